The van der Waals surface area contributed by atoms with Crippen LogP contribution in [-0.2, 0) is 9.59 Å². The predicted molar refractivity (Wildman–Crippen MR) is 113 cm³/mol. The van der Waals surface area contributed by atoms with E-state index < -0.39 is 5.41 Å². The van der Waals surface area contributed by atoms with Gasteiger partial charge in [0, 0.05) is 44.7 Å². The van der Waals surface area contributed by atoms with Gasteiger partial charge in [-0.3, -0.25) is 14.5 Å². The van der Waals surface area contributed by atoms with E-state index in [-0.39, 0.29) is 17.9 Å². The van der Waals surface area contributed by atoms with Crippen LogP contribution < -0.4 is 0 Å². The molecule has 2 aliphatic rings. The molecule has 0 aliphatic carbocycles. The van der Waals surface area contributed by atoms with Gasteiger partial charge in [-0.15, -0.1) is 0 Å². The SMILES string of the molecule is CC(C)(C)C(=O)N1CCCC1C(=O)N1CCN(C/C=C/c2ccccc2)CC1. The summed E-state index contributed by atoms with van der Waals surface area (Å²) in [4.78, 5) is 31.9. The second-order valence-corrected chi connectivity index (χ2v) is 8.85. The molecule has 28 heavy (non-hydrogen) atoms. The van der Waals surface area contributed by atoms with Crippen LogP contribution >= 0.6 is 0 Å². The molecule has 0 spiro atoms. The van der Waals surface area contributed by atoms with E-state index in [4.69, 9.17) is 0 Å². The molecule has 3 rings (SSSR count). The van der Waals surface area contributed by atoms with Gasteiger partial charge in [0.25, 0.3) is 0 Å². The van der Waals surface area contributed by atoms with Gasteiger partial charge in [-0.1, -0.05) is 63.3 Å². The Morgan fingerprint density at radius 3 is 2.36 bits per heavy atom. The van der Waals surface area contributed by atoms with Crippen molar-refractivity contribution in [3.63, 3.8) is 0 Å². The number of likely N-dealkylation sites (tertiary alicyclic amines) is 1. The zero-order valence-electron chi connectivity index (χ0n) is 17.4. The lowest BCUT2D eigenvalue weighted by Crippen LogP contribution is -2.55. The maximum absolute atomic E-state index is 13.0. The number of nitrogens with zero attached hydrogens (tertiary/aromatic N) is 3. The molecule has 1 aromatic rings. The van der Waals surface area contributed by atoms with Crippen molar-refractivity contribution in [2.24, 2.45) is 5.41 Å². The van der Waals surface area contributed by atoms with E-state index in [9.17, 15) is 9.59 Å². The quantitative estimate of drug-likeness (QED) is 0.803. The van der Waals surface area contributed by atoms with E-state index in [1.807, 2.05) is 48.8 Å². The number of hydrogen-bond donors (Lipinski definition) is 0. The zero-order chi connectivity index (χ0) is 20.1. The highest BCUT2D eigenvalue weighted by Gasteiger charge is 2.40. The van der Waals surface area contributed by atoms with Crippen molar-refractivity contribution < 1.29 is 9.59 Å². The van der Waals surface area contributed by atoms with Gasteiger partial charge < -0.3 is 9.80 Å². The molecule has 0 radical (unpaired) electrons. The Bertz CT molecular complexity index is 700. The summed E-state index contributed by atoms with van der Waals surface area (Å²) in [6, 6.07) is 10.0. The molecule has 1 unspecified atom stereocenters. The Kier molecular flexibility index (Phi) is 6.55. The highest BCUT2D eigenvalue weighted by Crippen LogP contribution is 2.26. The summed E-state index contributed by atoms with van der Waals surface area (Å²) in [6.45, 7) is 10.6. The van der Waals surface area contributed by atoms with E-state index in [1.165, 1.54) is 5.56 Å². The molecule has 0 N–H and O–H groups in total. The molecule has 2 fully saturated rings. The summed E-state index contributed by atoms with van der Waals surface area (Å²) in [7, 11) is 0. The molecule has 1 aromatic carbocycles. The standard InChI is InChI=1S/C23H33N3O2/c1-23(2,3)22(28)26-14-8-12-20(26)21(27)25-17-15-24(16-18-25)13-7-11-19-9-5-4-6-10-19/h4-7,9-11,20H,8,12-18H2,1-3H3/b11-7+. The van der Waals surface area contributed by atoms with E-state index >= 15 is 0 Å². The molecular formula is C23H33N3O2. The van der Waals surface area contributed by atoms with Crippen molar-refractivity contribution in [3.05, 3.63) is 42.0 Å². The molecule has 152 valence electrons. The lowest BCUT2D eigenvalue weighted by molar-refractivity contribution is -0.149. The van der Waals surface area contributed by atoms with Crippen LogP contribution in [0.5, 0.6) is 0 Å². The van der Waals surface area contributed by atoms with E-state index in [0.29, 0.717) is 6.54 Å². The maximum atomic E-state index is 13.0. The maximum Gasteiger partial charge on any atom is 0.245 e. The summed E-state index contributed by atoms with van der Waals surface area (Å²) in [6.07, 6.45) is 6.04. The third-order valence-corrected chi connectivity index (χ3v) is 5.60. The van der Waals surface area contributed by atoms with Crippen LogP contribution in [0.25, 0.3) is 6.08 Å². The Balaban J connectivity index is 1.49. The minimum Gasteiger partial charge on any atom is -0.338 e. The zero-order valence-corrected chi connectivity index (χ0v) is 17.4. The van der Waals surface area contributed by atoms with Crippen molar-refractivity contribution in [2.75, 3.05) is 39.3 Å². The van der Waals surface area contributed by atoms with Gasteiger partial charge >= 0.3 is 0 Å². The molecule has 0 saturated carbocycles. The average Bonchev–Trinajstić information content (AvgIpc) is 3.17. The molecule has 2 amide bonds. The van der Waals surface area contributed by atoms with Crippen LogP contribution in [0.2, 0.25) is 0 Å². The molecular weight excluding hydrogens is 350 g/mol. The predicted octanol–water partition coefficient (Wildman–Crippen LogP) is 2.88. The summed E-state index contributed by atoms with van der Waals surface area (Å²) in [5.74, 6) is 0.225. The van der Waals surface area contributed by atoms with Gasteiger partial charge in [-0.2, -0.15) is 0 Å². The second kappa shape index (κ2) is 8.91. The van der Waals surface area contributed by atoms with Crippen molar-refractivity contribution in [3.8, 4) is 0 Å². The monoisotopic (exact) mass is 383 g/mol. The highest BCUT2D eigenvalue weighted by atomic mass is 16.2. The first-order valence-corrected chi connectivity index (χ1v) is 10.4. The van der Waals surface area contributed by atoms with Crippen LogP contribution in [0.4, 0.5) is 0 Å². The third-order valence-electron chi connectivity index (χ3n) is 5.60. The number of carbonyl (C=O) groups is 2. The van der Waals surface area contributed by atoms with Gasteiger partial charge in [0.1, 0.15) is 6.04 Å². The summed E-state index contributed by atoms with van der Waals surface area (Å²) in [5, 5.41) is 0. The average molecular weight is 384 g/mol. The van der Waals surface area contributed by atoms with E-state index in [2.05, 4.69) is 29.2 Å². The lowest BCUT2D eigenvalue weighted by atomic mass is 9.94. The van der Waals surface area contributed by atoms with E-state index in [0.717, 1.165) is 45.6 Å². The molecule has 0 bridgehead atoms. The Morgan fingerprint density at radius 2 is 1.71 bits per heavy atom. The summed E-state index contributed by atoms with van der Waals surface area (Å²) < 4.78 is 0. The topological polar surface area (TPSA) is 43.9 Å². The third kappa shape index (κ3) is 5.02. The molecule has 1 atom stereocenters. The summed E-state index contributed by atoms with van der Waals surface area (Å²) in [5.41, 5.74) is 0.772. The number of hydrogen-bond acceptors (Lipinski definition) is 3. The lowest BCUT2D eigenvalue weighted by Gasteiger charge is -2.38. The number of amides is 2. The fourth-order valence-corrected chi connectivity index (χ4v) is 3.96. The number of rotatable bonds is 4. The molecule has 5 heteroatoms. The Hall–Kier alpha value is -2.14. The van der Waals surface area contributed by atoms with Crippen LogP contribution in [0.1, 0.15) is 39.2 Å². The smallest absolute Gasteiger partial charge is 0.245 e. The number of carbonyl (C=O) groups excluding carboxylic acids is 2. The Morgan fingerprint density at radius 1 is 1.04 bits per heavy atom. The van der Waals surface area contributed by atoms with Crippen LogP contribution in [0.3, 0.4) is 0 Å². The van der Waals surface area contributed by atoms with Crippen molar-refractivity contribution in [1.82, 2.24) is 14.7 Å². The first-order chi connectivity index (χ1) is 13.4. The van der Waals surface area contributed by atoms with Crippen molar-refractivity contribution >= 4 is 17.9 Å². The first kappa shape index (κ1) is 20.6. The number of benzene rings is 1. The van der Waals surface area contributed by atoms with Crippen LogP contribution in [0.15, 0.2) is 36.4 Å². The first-order valence-electron chi connectivity index (χ1n) is 10.4. The molecule has 0 aromatic heterocycles. The Labute approximate surface area is 169 Å². The second-order valence-electron chi connectivity index (χ2n) is 8.85. The molecule has 5 nitrogen and oxygen atoms in total. The summed E-state index contributed by atoms with van der Waals surface area (Å²) >= 11 is 0. The highest BCUT2D eigenvalue weighted by molar-refractivity contribution is 5.90. The van der Waals surface area contributed by atoms with E-state index in [1.54, 1.807) is 0 Å². The molecule has 2 heterocycles. The van der Waals surface area contributed by atoms with Gasteiger partial charge in [0.05, 0.1) is 0 Å². The van der Waals surface area contributed by atoms with Gasteiger partial charge in [0.2, 0.25) is 11.8 Å². The van der Waals surface area contributed by atoms with Gasteiger partial charge in [0.15, 0.2) is 0 Å². The van der Waals surface area contributed by atoms with Crippen LogP contribution in [-0.4, -0.2) is 71.8 Å². The van der Waals surface area contributed by atoms with Gasteiger partial charge in [-0.25, -0.2) is 0 Å². The van der Waals surface area contributed by atoms with Crippen LogP contribution in [0, 0.1) is 5.41 Å². The number of piperazine rings is 1. The normalized spacial score (nSPS) is 21.5. The minimum absolute atomic E-state index is 0.0908. The minimum atomic E-state index is -0.438. The molecule has 2 aliphatic heterocycles. The largest absolute Gasteiger partial charge is 0.338 e. The van der Waals surface area contributed by atoms with Crippen molar-refractivity contribution in [1.29, 1.82) is 0 Å². The fraction of sp³-hybridized carbons (Fsp3) is 0.565. The molecule has 2 saturated heterocycles. The van der Waals surface area contributed by atoms with Crippen molar-refractivity contribution in [2.45, 2.75) is 39.7 Å². The van der Waals surface area contributed by atoms with Gasteiger partial charge in [-0.05, 0) is 18.4 Å². The fourth-order valence-electron chi connectivity index (χ4n) is 3.96.